The van der Waals surface area contributed by atoms with Crippen LogP contribution in [0.25, 0.3) is 16.8 Å². The molecule has 7 nitrogen and oxygen atoms in total. The van der Waals surface area contributed by atoms with Gasteiger partial charge in [-0.15, -0.1) is 5.10 Å². The molecule has 0 aliphatic carbocycles. The van der Waals surface area contributed by atoms with Gasteiger partial charge in [-0.05, 0) is 53.1 Å². The van der Waals surface area contributed by atoms with Crippen LogP contribution in [0.15, 0.2) is 84.0 Å². The number of hydrogen-bond acceptors (Lipinski definition) is 5. The van der Waals surface area contributed by atoms with Crippen molar-refractivity contribution >= 4 is 17.2 Å². The van der Waals surface area contributed by atoms with Crippen LogP contribution in [0.4, 0.5) is 13.2 Å². The first-order chi connectivity index (χ1) is 17.3. The Morgan fingerprint density at radius 2 is 1.61 bits per heavy atom. The van der Waals surface area contributed by atoms with Gasteiger partial charge in [-0.3, -0.25) is 4.98 Å². The molecule has 11 heteroatoms. The number of fused-ring (bicyclic) bond motifs is 1. The highest BCUT2D eigenvalue weighted by molar-refractivity contribution is 6.30. The third-order valence-corrected chi connectivity index (χ3v) is 5.72. The van der Waals surface area contributed by atoms with E-state index in [1.807, 2.05) is 0 Å². The number of benzene rings is 2. The molecule has 0 spiro atoms. The van der Waals surface area contributed by atoms with Crippen LogP contribution < -0.4 is 10.4 Å². The van der Waals surface area contributed by atoms with Crippen molar-refractivity contribution in [3.8, 4) is 16.9 Å². The molecule has 0 saturated heterocycles. The van der Waals surface area contributed by atoms with Crippen molar-refractivity contribution in [1.29, 1.82) is 0 Å². The average Bonchev–Trinajstić information content (AvgIpc) is 3.19. The molecule has 3 heterocycles. The van der Waals surface area contributed by atoms with E-state index in [4.69, 9.17) is 16.3 Å². The minimum atomic E-state index is -4.44. The van der Waals surface area contributed by atoms with Gasteiger partial charge in [0.15, 0.2) is 5.75 Å². The van der Waals surface area contributed by atoms with Crippen LogP contribution in [-0.2, 0) is 19.3 Å². The van der Waals surface area contributed by atoms with Crippen LogP contribution in [-0.4, -0.2) is 24.4 Å². The Kier molecular flexibility index (Phi) is 6.19. The second-order valence-corrected chi connectivity index (χ2v) is 8.35. The van der Waals surface area contributed by atoms with Crippen LogP contribution >= 0.6 is 11.6 Å². The molecule has 0 atom stereocenters. The molecule has 0 fully saturated rings. The molecule has 0 aliphatic rings. The number of rotatable bonds is 6. The highest BCUT2D eigenvalue weighted by atomic mass is 35.5. The Labute approximate surface area is 207 Å². The van der Waals surface area contributed by atoms with E-state index in [0.717, 1.165) is 32.5 Å². The lowest BCUT2D eigenvalue weighted by atomic mass is 10.1. The van der Waals surface area contributed by atoms with Gasteiger partial charge in [0.05, 0.1) is 18.3 Å². The Balaban J connectivity index is 1.56. The van der Waals surface area contributed by atoms with E-state index < -0.39 is 17.4 Å². The number of aromatic nitrogens is 5. The number of ether oxygens (including phenoxy) is 1. The van der Waals surface area contributed by atoms with Crippen molar-refractivity contribution in [2.45, 2.75) is 19.3 Å². The molecule has 5 rings (SSSR count). The predicted molar refractivity (Wildman–Crippen MR) is 127 cm³/mol. The summed E-state index contributed by atoms with van der Waals surface area (Å²) in [5.74, 6) is 0.326. The van der Waals surface area contributed by atoms with Gasteiger partial charge in [0.2, 0.25) is 5.65 Å². The van der Waals surface area contributed by atoms with Crippen LogP contribution in [0.3, 0.4) is 0 Å². The second kappa shape index (κ2) is 9.46. The lowest BCUT2D eigenvalue weighted by Gasteiger charge is -2.12. The van der Waals surface area contributed by atoms with Gasteiger partial charge in [0.1, 0.15) is 6.61 Å². The Morgan fingerprint density at radius 1 is 0.917 bits per heavy atom. The smallest absolute Gasteiger partial charge is 0.416 e. The van der Waals surface area contributed by atoms with E-state index in [1.54, 1.807) is 48.8 Å². The van der Waals surface area contributed by atoms with Crippen molar-refractivity contribution in [1.82, 2.24) is 24.4 Å². The molecule has 0 amide bonds. The van der Waals surface area contributed by atoms with Gasteiger partial charge in [0, 0.05) is 23.0 Å². The van der Waals surface area contributed by atoms with Crippen LogP contribution in [0.1, 0.15) is 16.7 Å². The topological polar surface area (TPSA) is 74.3 Å². The Morgan fingerprint density at radius 3 is 2.28 bits per heavy atom. The molecule has 0 bridgehead atoms. The normalized spacial score (nSPS) is 11.7. The minimum Gasteiger partial charge on any atom is -0.484 e. The fourth-order valence-electron chi connectivity index (χ4n) is 3.63. The summed E-state index contributed by atoms with van der Waals surface area (Å²) in [6.45, 7) is 0.142. The molecule has 182 valence electrons. The number of alkyl halides is 3. The molecule has 0 saturated carbocycles. The van der Waals surface area contributed by atoms with E-state index in [1.165, 1.54) is 18.3 Å². The quantitative estimate of drug-likeness (QED) is 0.311. The van der Waals surface area contributed by atoms with Gasteiger partial charge in [-0.25, -0.2) is 9.48 Å². The summed E-state index contributed by atoms with van der Waals surface area (Å²) in [6.07, 6.45) is 0.347. The summed E-state index contributed by atoms with van der Waals surface area (Å²) in [5, 5.41) is 9.23. The van der Waals surface area contributed by atoms with Crippen molar-refractivity contribution in [3.05, 3.63) is 111 Å². The van der Waals surface area contributed by atoms with Crippen LogP contribution in [0, 0.1) is 0 Å². The SMILES string of the molecule is O=c1n(Cc2ccc(C(F)(F)F)cc2)nc2c(OCc3ccncc3)c(-c3ccc(Cl)cc3)cnn12. The fraction of sp³-hybridized carbons (Fsp3) is 0.120. The number of halogens is 4. The molecule has 5 aromatic rings. The van der Waals surface area contributed by atoms with Crippen LogP contribution in [0.2, 0.25) is 5.02 Å². The summed E-state index contributed by atoms with van der Waals surface area (Å²) in [7, 11) is 0. The van der Waals surface area contributed by atoms with Gasteiger partial charge in [-0.2, -0.15) is 22.8 Å². The first kappa shape index (κ1) is 23.6. The zero-order valence-corrected chi connectivity index (χ0v) is 19.2. The largest absolute Gasteiger partial charge is 0.484 e. The lowest BCUT2D eigenvalue weighted by Crippen LogP contribution is -2.23. The third kappa shape index (κ3) is 4.80. The monoisotopic (exact) mass is 511 g/mol. The molecule has 0 unspecified atom stereocenters. The molecule has 0 aliphatic heterocycles. The first-order valence-corrected chi connectivity index (χ1v) is 11.1. The summed E-state index contributed by atoms with van der Waals surface area (Å²) in [5.41, 5.74) is 1.53. The average molecular weight is 512 g/mol. The van der Waals surface area contributed by atoms with Gasteiger partial charge in [0.25, 0.3) is 0 Å². The Bertz CT molecular complexity index is 1560. The van der Waals surface area contributed by atoms with Gasteiger partial charge < -0.3 is 4.74 Å². The van der Waals surface area contributed by atoms with Crippen molar-refractivity contribution in [2.24, 2.45) is 0 Å². The lowest BCUT2D eigenvalue weighted by molar-refractivity contribution is -0.137. The standard InChI is InChI=1S/C25H17ClF3N5O2/c26-20-7-3-18(4-8-20)21-13-31-34-23(22(21)36-15-17-9-11-30-12-10-17)32-33(24(34)35)14-16-1-5-19(6-2-16)25(27,28)29/h1-13H,14-15H2. The van der Waals surface area contributed by atoms with E-state index in [-0.39, 0.29) is 18.8 Å². The maximum Gasteiger partial charge on any atom is 0.416 e. The van der Waals surface area contributed by atoms with Crippen molar-refractivity contribution in [2.75, 3.05) is 0 Å². The van der Waals surface area contributed by atoms with Crippen molar-refractivity contribution < 1.29 is 17.9 Å². The highest BCUT2D eigenvalue weighted by Crippen LogP contribution is 2.33. The second-order valence-electron chi connectivity index (χ2n) is 7.91. The molecule has 3 aromatic heterocycles. The molecule has 0 N–H and O–H groups in total. The summed E-state index contributed by atoms with van der Waals surface area (Å²) in [6, 6.07) is 15.2. The van der Waals surface area contributed by atoms with Crippen LogP contribution in [0.5, 0.6) is 5.75 Å². The molecular weight excluding hydrogens is 495 g/mol. The maximum absolute atomic E-state index is 13.0. The summed E-state index contributed by atoms with van der Waals surface area (Å²) >= 11 is 6.03. The molecular formula is C25H17ClF3N5O2. The predicted octanol–water partition coefficient (Wildman–Crippen LogP) is 5.25. The number of nitrogens with zero attached hydrogens (tertiary/aromatic N) is 5. The molecule has 36 heavy (non-hydrogen) atoms. The number of hydrogen-bond donors (Lipinski definition) is 0. The van der Waals surface area contributed by atoms with E-state index in [9.17, 15) is 18.0 Å². The van der Waals surface area contributed by atoms with Gasteiger partial charge in [-0.1, -0.05) is 35.9 Å². The number of pyridine rings is 1. The Hall–Kier alpha value is -4.18. The summed E-state index contributed by atoms with van der Waals surface area (Å²) < 4.78 is 47.0. The third-order valence-electron chi connectivity index (χ3n) is 5.47. The summed E-state index contributed by atoms with van der Waals surface area (Å²) in [4.78, 5) is 17.0. The zero-order valence-electron chi connectivity index (χ0n) is 18.5. The van der Waals surface area contributed by atoms with E-state index >= 15 is 0 Å². The minimum absolute atomic E-state index is 0.0413. The van der Waals surface area contributed by atoms with Crippen molar-refractivity contribution in [3.63, 3.8) is 0 Å². The highest BCUT2D eigenvalue weighted by Gasteiger charge is 2.30. The first-order valence-electron chi connectivity index (χ1n) is 10.7. The van der Waals surface area contributed by atoms with Gasteiger partial charge >= 0.3 is 11.9 Å². The maximum atomic E-state index is 13.0. The van der Waals surface area contributed by atoms with E-state index in [0.29, 0.717) is 21.9 Å². The van der Waals surface area contributed by atoms with E-state index in [2.05, 4.69) is 15.2 Å². The zero-order chi connectivity index (χ0) is 25.3. The fourth-order valence-corrected chi connectivity index (χ4v) is 3.75. The molecule has 2 aromatic carbocycles. The molecule has 0 radical (unpaired) electrons.